The van der Waals surface area contributed by atoms with E-state index in [-0.39, 0.29) is 6.04 Å². The number of benzene rings is 1. The standard InChI is InChI=1S/C15H25BrN2O2/c1-11(2)18(7-8-19-3)14(10-17)13-9-12(16)5-6-15(13)20-4/h5-6,9,11,14H,7-8,10,17H2,1-4H3. The van der Waals surface area contributed by atoms with Crippen molar-refractivity contribution in [2.45, 2.75) is 25.9 Å². The first-order chi connectivity index (χ1) is 9.54. The summed E-state index contributed by atoms with van der Waals surface area (Å²) in [6.07, 6.45) is 0. The van der Waals surface area contributed by atoms with Gasteiger partial charge in [0.15, 0.2) is 0 Å². The van der Waals surface area contributed by atoms with E-state index in [0.717, 1.165) is 22.3 Å². The van der Waals surface area contributed by atoms with Crippen LogP contribution in [0.1, 0.15) is 25.5 Å². The van der Waals surface area contributed by atoms with Crippen LogP contribution in [0.3, 0.4) is 0 Å². The molecular weight excluding hydrogens is 320 g/mol. The number of hydrogen-bond acceptors (Lipinski definition) is 4. The molecular formula is C15H25BrN2O2. The maximum absolute atomic E-state index is 6.04. The third kappa shape index (κ3) is 4.45. The molecule has 0 aliphatic carbocycles. The first kappa shape index (κ1) is 17.4. The largest absolute Gasteiger partial charge is 0.496 e. The van der Waals surface area contributed by atoms with E-state index in [0.29, 0.717) is 19.2 Å². The fourth-order valence-electron chi connectivity index (χ4n) is 2.38. The Labute approximate surface area is 130 Å². The van der Waals surface area contributed by atoms with Crippen molar-refractivity contribution in [2.75, 3.05) is 33.9 Å². The fourth-order valence-corrected chi connectivity index (χ4v) is 2.76. The molecule has 20 heavy (non-hydrogen) atoms. The van der Waals surface area contributed by atoms with Gasteiger partial charge in [-0.25, -0.2) is 0 Å². The van der Waals surface area contributed by atoms with Gasteiger partial charge in [0.25, 0.3) is 0 Å². The van der Waals surface area contributed by atoms with Crippen LogP contribution in [0.25, 0.3) is 0 Å². The molecule has 0 amide bonds. The van der Waals surface area contributed by atoms with Gasteiger partial charge in [-0.05, 0) is 32.0 Å². The minimum atomic E-state index is 0.109. The summed E-state index contributed by atoms with van der Waals surface area (Å²) in [6, 6.07) is 6.51. The van der Waals surface area contributed by atoms with Crippen LogP contribution < -0.4 is 10.5 Å². The monoisotopic (exact) mass is 344 g/mol. The predicted octanol–water partition coefficient (Wildman–Crippen LogP) is 2.81. The number of nitrogens with two attached hydrogens (primary N) is 1. The van der Waals surface area contributed by atoms with Crippen molar-refractivity contribution >= 4 is 15.9 Å². The van der Waals surface area contributed by atoms with E-state index >= 15 is 0 Å². The zero-order valence-corrected chi connectivity index (χ0v) is 14.3. The second kappa shape index (κ2) is 8.62. The SMILES string of the molecule is COCCN(C(C)C)C(CN)c1cc(Br)ccc1OC. The molecule has 0 heterocycles. The smallest absolute Gasteiger partial charge is 0.123 e. The number of rotatable bonds is 8. The molecule has 0 fully saturated rings. The first-order valence-electron chi connectivity index (χ1n) is 6.83. The van der Waals surface area contributed by atoms with Crippen molar-refractivity contribution in [1.29, 1.82) is 0 Å². The van der Waals surface area contributed by atoms with Crippen LogP contribution in [-0.2, 0) is 4.74 Å². The van der Waals surface area contributed by atoms with Gasteiger partial charge in [-0.2, -0.15) is 0 Å². The van der Waals surface area contributed by atoms with Gasteiger partial charge in [-0.1, -0.05) is 15.9 Å². The normalized spacial score (nSPS) is 13.0. The lowest BCUT2D eigenvalue weighted by Crippen LogP contribution is -2.40. The Bertz CT molecular complexity index is 413. The van der Waals surface area contributed by atoms with Crippen molar-refractivity contribution in [2.24, 2.45) is 5.73 Å². The molecule has 0 bridgehead atoms. The molecule has 1 atom stereocenters. The van der Waals surface area contributed by atoms with Crippen molar-refractivity contribution in [1.82, 2.24) is 4.90 Å². The molecule has 4 nitrogen and oxygen atoms in total. The topological polar surface area (TPSA) is 47.7 Å². The highest BCUT2D eigenvalue weighted by atomic mass is 79.9. The van der Waals surface area contributed by atoms with Gasteiger partial charge in [0.2, 0.25) is 0 Å². The van der Waals surface area contributed by atoms with E-state index in [1.165, 1.54) is 0 Å². The van der Waals surface area contributed by atoms with Gasteiger partial charge >= 0.3 is 0 Å². The quantitative estimate of drug-likeness (QED) is 0.787. The molecule has 2 N–H and O–H groups in total. The molecule has 0 spiro atoms. The summed E-state index contributed by atoms with van der Waals surface area (Å²) in [5.41, 5.74) is 7.14. The van der Waals surface area contributed by atoms with Crippen molar-refractivity contribution < 1.29 is 9.47 Å². The summed E-state index contributed by atoms with van der Waals surface area (Å²) in [5.74, 6) is 0.867. The molecule has 114 valence electrons. The summed E-state index contributed by atoms with van der Waals surface area (Å²) in [5, 5.41) is 0. The van der Waals surface area contributed by atoms with Gasteiger partial charge in [0.05, 0.1) is 19.8 Å². The Morgan fingerprint density at radius 1 is 1.30 bits per heavy atom. The summed E-state index contributed by atoms with van der Waals surface area (Å²) in [4.78, 5) is 2.34. The minimum absolute atomic E-state index is 0.109. The maximum Gasteiger partial charge on any atom is 0.123 e. The highest BCUT2D eigenvalue weighted by Gasteiger charge is 2.24. The van der Waals surface area contributed by atoms with Crippen molar-refractivity contribution in [3.8, 4) is 5.75 Å². The number of ether oxygens (including phenoxy) is 2. The summed E-state index contributed by atoms with van der Waals surface area (Å²) in [6.45, 7) is 6.40. The van der Waals surface area contributed by atoms with Crippen LogP contribution in [0.2, 0.25) is 0 Å². The third-order valence-electron chi connectivity index (χ3n) is 3.39. The molecule has 0 saturated carbocycles. The highest BCUT2D eigenvalue weighted by Crippen LogP contribution is 2.32. The second-order valence-corrected chi connectivity index (χ2v) is 5.88. The zero-order chi connectivity index (χ0) is 15.1. The average molecular weight is 345 g/mol. The van der Waals surface area contributed by atoms with E-state index in [2.05, 4.69) is 40.7 Å². The lowest BCUT2D eigenvalue weighted by Gasteiger charge is -2.35. The number of methoxy groups -OCH3 is 2. The van der Waals surface area contributed by atoms with E-state index < -0.39 is 0 Å². The Kier molecular flexibility index (Phi) is 7.51. The van der Waals surface area contributed by atoms with E-state index in [1.54, 1.807) is 14.2 Å². The van der Waals surface area contributed by atoms with E-state index in [4.69, 9.17) is 15.2 Å². The fraction of sp³-hybridized carbons (Fsp3) is 0.600. The first-order valence-corrected chi connectivity index (χ1v) is 7.62. The van der Waals surface area contributed by atoms with Gasteiger partial charge in [0.1, 0.15) is 5.75 Å². The molecule has 0 aliphatic heterocycles. The molecule has 1 aromatic rings. The third-order valence-corrected chi connectivity index (χ3v) is 3.88. The molecule has 0 radical (unpaired) electrons. The molecule has 1 unspecified atom stereocenters. The molecule has 0 aromatic heterocycles. The van der Waals surface area contributed by atoms with Crippen LogP contribution in [0.5, 0.6) is 5.75 Å². The Morgan fingerprint density at radius 3 is 2.50 bits per heavy atom. The van der Waals surface area contributed by atoms with Gasteiger partial charge in [0, 0.05) is 36.3 Å². The van der Waals surface area contributed by atoms with Crippen LogP contribution in [-0.4, -0.2) is 44.9 Å². The molecule has 1 rings (SSSR count). The van der Waals surface area contributed by atoms with Crippen LogP contribution in [0, 0.1) is 0 Å². The molecule has 1 aromatic carbocycles. The van der Waals surface area contributed by atoms with Crippen LogP contribution in [0.4, 0.5) is 0 Å². The molecule has 0 saturated heterocycles. The summed E-state index contributed by atoms with van der Waals surface area (Å²) >= 11 is 3.52. The number of nitrogens with zero attached hydrogens (tertiary/aromatic N) is 1. The maximum atomic E-state index is 6.04. The lowest BCUT2D eigenvalue weighted by atomic mass is 10.0. The zero-order valence-electron chi connectivity index (χ0n) is 12.7. The number of halogens is 1. The van der Waals surface area contributed by atoms with Crippen LogP contribution >= 0.6 is 15.9 Å². The van der Waals surface area contributed by atoms with Gasteiger partial charge in [-0.15, -0.1) is 0 Å². The predicted molar refractivity (Wildman–Crippen MR) is 86.2 cm³/mol. The van der Waals surface area contributed by atoms with E-state index in [1.807, 2.05) is 12.1 Å². The van der Waals surface area contributed by atoms with E-state index in [9.17, 15) is 0 Å². The Morgan fingerprint density at radius 2 is 2.00 bits per heavy atom. The molecule has 0 aliphatic rings. The Balaban J connectivity index is 3.11. The summed E-state index contributed by atoms with van der Waals surface area (Å²) in [7, 11) is 3.41. The van der Waals surface area contributed by atoms with Crippen molar-refractivity contribution in [3.05, 3.63) is 28.2 Å². The van der Waals surface area contributed by atoms with Crippen molar-refractivity contribution in [3.63, 3.8) is 0 Å². The summed E-state index contributed by atoms with van der Waals surface area (Å²) < 4.78 is 11.7. The molecule has 5 heteroatoms. The van der Waals surface area contributed by atoms with Gasteiger partial charge < -0.3 is 15.2 Å². The Hall–Kier alpha value is -0.620. The average Bonchev–Trinajstić information content (AvgIpc) is 2.43. The second-order valence-electron chi connectivity index (χ2n) is 4.96. The highest BCUT2D eigenvalue weighted by molar-refractivity contribution is 9.10. The lowest BCUT2D eigenvalue weighted by molar-refractivity contribution is 0.0969. The minimum Gasteiger partial charge on any atom is -0.496 e. The van der Waals surface area contributed by atoms with Gasteiger partial charge in [-0.3, -0.25) is 4.90 Å². The number of hydrogen-bond donors (Lipinski definition) is 1. The van der Waals surface area contributed by atoms with Crippen LogP contribution in [0.15, 0.2) is 22.7 Å².